The Balaban J connectivity index is 2.12. The van der Waals surface area contributed by atoms with Crippen molar-refractivity contribution in [3.05, 3.63) is 71.3 Å². The SMILES string of the molecule is COCOC(=O)c1ccc(C(=O)c2ccccc2)cc1. The van der Waals surface area contributed by atoms with Crippen LogP contribution in [0.15, 0.2) is 54.6 Å². The van der Waals surface area contributed by atoms with Gasteiger partial charge in [-0.25, -0.2) is 4.79 Å². The van der Waals surface area contributed by atoms with E-state index in [0.29, 0.717) is 16.7 Å². The van der Waals surface area contributed by atoms with E-state index in [2.05, 4.69) is 4.74 Å². The van der Waals surface area contributed by atoms with E-state index in [4.69, 9.17) is 4.74 Å². The van der Waals surface area contributed by atoms with Crippen molar-refractivity contribution in [2.24, 2.45) is 0 Å². The highest BCUT2D eigenvalue weighted by Gasteiger charge is 2.11. The highest BCUT2D eigenvalue weighted by atomic mass is 16.7. The van der Waals surface area contributed by atoms with Crippen LogP contribution in [-0.4, -0.2) is 25.7 Å². The van der Waals surface area contributed by atoms with Crippen molar-refractivity contribution in [1.29, 1.82) is 0 Å². The molecule has 0 atom stereocenters. The maximum absolute atomic E-state index is 12.2. The Kier molecular flexibility index (Phi) is 4.63. The first-order valence-electron chi connectivity index (χ1n) is 6.08. The van der Waals surface area contributed by atoms with Crippen molar-refractivity contribution in [3.8, 4) is 0 Å². The van der Waals surface area contributed by atoms with Crippen molar-refractivity contribution < 1.29 is 19.1 Å². The molecule has 0 fully saturated rings. The molecule has 4 heteroatoms. The second kappa shape index (κ2) is 6.63. The first-order chi connectivity index (χ1) is 9.72. The minimum atomic E-state index is -0.481. The number of methoxy groups -OCH3 is 1. The van der Waals surface area contributed by atoms with Crippen molar-refractivity contribution >= 4 is 11.8 Å². The van der Waals surface area contributed by atoms with Gasteiger partial charge in [-0.3, -0.25) is 4.79 Å². The molecular formula is C16H14O4. The summed E-state index contributed by atoms with van der Waals surface area (Å²) < 4.78 is 9.47. The van der Waals surface area contributed by atoms with E-state index in [0.717, 1.165) is 0 Å². The summed E-state index contributed by atoms with van der Waals surface area (Å²) in [6.45, 7) is -0.0937. The largest absolute Gasteiger partial charge is 0.435 e. The van der Waals surface area contributed by atoms with Crippen molar-refractivity contribution in [2.45, 2.75) is 0 Å². The van der Waals surface area contributed by atoms with E-state index in [1.165, 1.54) is 7.11 Å². The van der Waals surface area contributed by atoms with Crippen LogP contribution in [0.1, 0.15) is 26.3 Å². The fraction of sp³-hybridized carbons (Fsp3) is 0.125. The number of ketones is 1. The summed E-state index contributed by atoms with van der Waals surface area (Å²) in [5, 5.41) is 0. The maximum atomic E-state index is 12.2. The lowest BCUT2D eigenvalue weighted by atomic mass is 10.0. The van der Waals surface area contributed by atoms with Crippen LogP contribution in [0.25, 0.3) is 0 Å². The molecule has 102 valence electrons. The van der Waals surface area contributed by atoms with Gasteiger partial charge in [0.15, 0.2) is 12.6 Å². The van der Waals surface area contributed by atoms with Gasteiger partial charge in [-0.2, -0.15) is 0 Å². The van der Waals surface area contributed by atoms with E-state index in [1.54, 1.807) is 36.4 Å². The van der Waals surface area contributed by atoms with Crippen LogP contribution in [0.4, 0.5) is 0 Å². The molecule has 2 aromatic carbocycles. The summed E-state index contributed by atoms with van der Waals surface area (Å²) in [5.74, 6) is -0.562. The van der Waals surface area contributed by atoms with Gasteiger partial charge < -0.3 is 9.47 Å². The molecule has 20 heavy (non-hydrogen) atoms. The summed E-state index contributed by atoms with van der Waals surface area (Å²) in [6.07, 6.45) is 0. The lowest BCUT2D eigenvalue weighted by Crippen LogP contribution is -2.08. The van der Waals surface area contributed by atoms with Crippen molar-refractivity contribution in [2.75, 3.05) is 13.9 Å². The normalized spacial score (nSPS) is 10.1. The minimum Gasteiger partial charge on any atom is -0.435 e. The quantitative estimate of drug-likeness (QED) is 0.476. The smallest absolute Gasteiger partial charge is 0.340 e. The third-order valence-corrected chi connectivity index (χ3v) is 2.73. The molecule has 0 aliphatic carbocycles. The van der Waals surface area contributed by atoms with E-state index in [9.17, 15) is 9.59 Å². The molecule has 0 radical (unpaired) electrons. The predicted molar refractivity (Wildman–Crippen MR) is 73.6 cm³/mol. The summed E-state index contributed by atoms with van der Waals surface area (Å²) >= 11 is 0. The molecule has 0 aliphatic rings. The summed E-state index contributed by atoms with van der Waals surface area (Å²) in [7, 11) is 1.44. The van der Waals surface area contributed by atoms with Crippen LogP contribution in [0, 0.1) is 0 Å². The van der Waals surface area contributed by atoms with Crippen LogP contribution < -0.4 is 0 Å². The number of rotatable bonds is 5. The molecule has 4 nitrogen and oxygen atoms in total. The van der Waals surface area contributed by atoms with Crippen LogP contribution in [0.5, 0.6) is 0 Å². The van der Waals surface area contributed by atoms with Gasteiger partial charge in [0, 0.05) is 18.2 Å². The molecular weight excluding hydrogens is 256 g/mol. The zero-order valence-electron chi connectivity index (χ0n) is 11.0. The molecule has 0 spiro atoms. The standard InChI is InChI=1S/C16H14O4/c1-19-11-20-16(18)14-9-7-13(8-10-14)15(17)12-5-3-2-4-6-12/h2-10H,11H2,1H3. The Labute approximate surface area is 116 Å². The van der Waals surface area contributed by atoms with E-state index in [1.807, 2.05) is 18.2 Å². The minimum absolute atomic E-state index is 0.0811. The molecule has 0 bridgehead atoms. The van der Waals surface area contributed by atoms with Gasteiger partial charge in [0.2, 0.25) is 0 Å². The summed E-state index contributed by atoms with van der Waals surface area (Å²) in [4.78, 5) is 23.7. The molecule has 2 rings (SSSR count). The number of hydrogen-bond donors (Lipinski definition) is 0. The number of benzene rings is 2. The second-order valence-electron chi connectivity index (χ2n) is 4.11. The molecule has 2 aromatic rings. The van der Waals surface area contributed by atoms with Crippen LogP contribution in [0.2, 0.25) is 0 Å². The molecule has 0 aromatic heterocycles. The average Bonchev–Trinajstić information content (AvgIpc) is 2.53. The average molecular weight is 270 g/mol. The number of hydrogen-bond acceptors (Lipinski definition) is 4. The van der Waals surface area contributed by atoms with E-state index >= 15 is 0 Å². The summed E-state index contributed by atoms with van der Waals surface area (Å²) in [6, 6.07) is 15.3. The van der Waals surface area contributed by atoms with Gasteiger partial charge in [-0.1, -0.05) is 42.5 Å². The van der Waals surface area contributed by atoms with Gasteiger partial charge in [0.25, 0.3) is 0 Å². The van der Waals surface area contributed by atoms with Gasteiger partial charge in [-0.15, -0.1) is 0 Å². The van der Waals surface area contributed by atoms with Crippen LogP contribution in [0.3, 0.4) is 0 Å². The van der Waals surface area contributed by atoms with Gasteiger partial charge in [0.05, 0.1) is 5.56 Å². The third-order valence-electron chi connectivity index (χ3n) is 2.73. The lowest BCUT2D eigenvalue weighted by molar-refractivity contribution is -0.0125. The zero-order chi connectivity index (χ0) is 14.4. The first-order valence-corrected chi connectivity index (χ1v) is 6.08. The molecule has 0 unspecified atom stereocenters. The fourth-order valence-electron chi connectivity index (χ4n) is 1.71. The van der Waals surface area contributed by atoms with Gasteiger partial charge >= 0.3 is 5.97 Å². The Hall–Kier alpha value is -2.46. The number of carbonyl (C=O) groups excluding carboxylic acids is 2. The highest BCUT2D eigenvalue weighted by Crippen LogP contribution is 2.11. The van der Waals surface area contributed by atoms with Crippen molar-refractivity contribution in [3.63, 3.8) is 0 Å². The van der Waals surface area contributed by atoms with Crippen LogP contribution in [-0.2, 0) is 9.47 Å². The number of carbonyl (C=O) groups is 2. The lowest BCUT2D eigenvalue weighted by Gasteiger charge is -2.04. The summed E-state index contributed by atoms with van der Waals surface area (Å²) in [5.41, 5.74) is 1.52. The molecule has 0 saturated carbocycles. The molecule has 0 saturated heterocycles. The Morgan fingerprint density at radius 2 is 1.40 bits per heavy atom. The monoisotopic (exact) mass is 270 g/mol. The van der Waals surface area contributed by atoms with E-state index in [-0.39, 0.29) is 12.6 Å². The van der Waals surface area contributed by atoms with Crippen molar-refractivity contribution in [1.82, 2.24) is 0 Å². The Morgan fingerprint density at radius 3 is 2.00 bits per heavy atom. The fourth-order valence-corrected chi connectivity index (χ4v) is 1.71. The Morgan fingerprint density at radius 1 is 0.850 bits per heavy atom. The third kappa shape index (κ3) is 3.30. The highest BCUT2D eigenvalue weighted by molar-refractivity contribution is 6.09. The molecule has 0 aliphatic heterocycles. The number of ether oxygens (including phenoxy) is 2. The maximum Gasteiger partial charge on any atom is 0.340 e. The second-order valence-corrected chi connectivity index (χ2v) is 4.11. The molecule has 0 amide bonds. The van der Waals surface area contributed by atoms with Crippen LogP contribution >= 0.6 is 0 Å². The van der Waals surface area contributed by atoms with E-state index < -0.39 is 5.97 Å². The van der Waals surface area contributed by atoms with Gasteiger partial charge in [-0.05, 0) is 12.1 Å². The van der Waals surface area contributed by atoms with Gasteiger partial charge in [0.1, 0.15) is 0 Å². The predicted octanol–water partition coefficient (Wildman–Crippen LogP) is 2.68. The molecule has 0 N–H and O–H groups in total. The zero-order valence-corrected chi connectivity index (χ0v) is 11.0. The topological polar surface area (TPSA) is 52.6 Å². The first kappa shape index (κ1) is 14.0. The molecule has 0 heterocycles. The number of esters is 1. The Bertz CT molecular complexity index is 588.